The third-order valence-electron chi connectivity index (χ3n) is 5.28. The molecule has 0 bridgehead atoms. The maximum absolute atomic E-state index is 2.43. The van der Waals surface area contributed by atoms with Crippen molar-refractivity contribution in [2.24, 2.45) is 11.8 Å². The standard InChI is InChI=1S/C19H28/c1-7-16-9-12(3)14(5)18(16)11-19-15(6)13(4)10-17(19)8-2/h9-10,18-19H,7-8,11H2,1-6H3. The summed E-state index contributed by atoms with van der Waals surface area (Å²) >= 11 is 0. The molecule has 0 spiro atoms. The van der Waals surface area contributed by atoms with Gasteiger partial charge in [-0.1, -0.05) is 59.4 Å². The van der Waals surface area contributed by atoms with E-state index in [1.54, 1.807) is 22.3 Å². The number of rotatable bonds is 4. The van der Waals surface area contributed by atoms with Gasteiger partial charge in [0.1, 0.15) is 0 Å². The summed E-state index contributed by atoms with van der Waals surface area (Å²) in [5.74, 6) is 1.37. The maximum Gasteiger partial charge on any atom is 0.00218 e. The Kier molecular flexibility index (Phi) is 4.18. The van der Waals surface area contributed by atoms with Crippen molar-refractivity contribution in [1.82, 2.24) is 0 Å². The summed E-state index contributed by atoms with van der Waals surface area (Å²) in [6.07, 6.45) is 8.52. The summed E-state index contributed by atoms with van der Waals surface area (Å²) < 4.78 is 0. The molecule has 2 atom stereocenters. The average molecular weight is 256 g/mol. The van der Waals surface area contributed by atoms with Crippen molar-refractivity contribution >= 4 is 0 Å². The Balaban J connectivity index is 2.22. The molecule has 2 aliphatic rings. The Hall–Kier alpha value is -1.04. The molecule has 0 nitrogen and oxygen atoms in total. The van der Waals surface area contributed by atoms with Gasteiger partial charge in [0.05, 0.1) is 0 Å². The average Bonchev–Trinajstić information content (AvgIpc) is 2.83. The van der Waals surface area contributed by atoms with Gasteiger partial charge in [-0.15, -0.1) is 0 Å². The molecule has 2 aliphatic carbocycles. The van der Waals surface area contributed by atoms with Crippen molar-refractivity contribution in [1.29, 1.82) is 0 Å². The van der Waals surface area contributed by atoms with Crippen molar-refractivity contribution in [3.05, 3.63) is 45.6 Å². The van der Waals surface area contributed by atoms with Gasteiger partial charge < -0.3 is 0 Å². The zero-order chi connectivity index (χ0) is 14.2. The van der Waals surface area contributed by atoms with Crippen LogP contribution in [0.2, 0.25) is 0 Å². The van der Waals surface area contributed by atoms with Crippen LogP contribution in [0.4, 0.5) is 0 Å². The lowest BCUT2D eigenvalue weighted by Gasteiger charge is -2.24. The fraction of sp³-hybridized carbons (Fsp3) is 0.579. The summed E-state index contributed by atoms with van der Waals surface area (Å²) in [4.78, 5) is 0. The van der Waals surface area contributed by atoms with Crippen LogP contribution in [-0.4, -0.2) is 0 Å². The molecular formula is C19H28. The van der Waals surface area contributed by atoms with E-state index >= 15 is 0 Å². The quantitative estimate of drug-likeness (QED) is 0.580. The van der Waals surface area contributed by atoms with Gasteiger partial charge in [-0.05, 0) is 47.0 Å². The molecule has 0 aromatic rings. The molecule has 0 aromatic heterocycles. The SMILES string of the molecule is CCC1=CC(C)=C(C)C1CC1C(CC)=CC(C)=C1C. The monoisotopic (exact) mass is 256 g/mol. The highest BCUT2D eigenvalue weighted by Crippen LogP contribution is 2.44. The molecule has 0 saturated carbocycles. The first-order valence-corrected chi connectivity index (χ1v) is 7.75. The molecule has 0 heteroatoms. The summed E-state index contributed by atoms with van der Waals surface area (Å²) in [5.41, 5.74) is 9.49. The third-order valence-corrected chi connectivity index (χ3v) is 5.28. The van der Waals surface area contributed by atoms with E-state index in [1.165, 1.54) is 30.4 Å². The highest BCUT2D eigenvalue weighted by molar-refractivity contribution is 5.44. The van der Waals surface area contributed by atoms with Gasteiger partial charge in [-0.25, -0.2) is 0 Å². The van der Waals surface area contributed by atoms with E-state index in [-0.39, 0.29) is 0 Å². The second-order valence-electron chi connectivity index (χ2n) is 6.22. The second-order valence-corrected chi connectivity index (χ2v) is 6.22. The van der Waals surface area contributed by atoms with Crippen LogP contribution < -0.4 is 0 Å². The van der Waals surface area contributed by atoms with Crippen LogP contribution in [0.3, 0.4) is 0 Å². The molecule has 0 radical (unpaired) electrons. The topological polar surface area (TPSA) is 0 Å². The minimum absolute atomic E-state index is 0.686. The Labute approximate surface area is 119 Å². The third kappa shape index (κ3) is 2.50. The van der Waals surface area contributed by atoms with Crippen molar-refractivity contribution in [3.8, 4) is 0 Å². The minimum Gasteiger partial charge on any atom is -0.0632 e. The molecular weight excluding hydrogens is 228 g/mol. The van der Waals surface area contributed by atoms with Crippen molar-refractivity contribution in [2.75, 3.05) is 0 Å². The fourth-order valence-corrected chi connectivity index (χ4v) is 3.68. The molecule has 0 aliphatic heterocycles. The molecule has 0 aromatic carbocycles. The van der Waals surface area contributed by atoms with E-state index < -0.39 is 0 Å². The van der Waals surface area contributed by atoms with Gasteiger partial charge in [0, 0.05) is 11.8 Å². The lowest BCUT2D eigenvalue weighted by molar-refractivity contribution is 0.532. The highest BCUT2D eigenvalue weighted by atomic mass is 14.3. The molecule has 2 unspecified atom stereocenters. The maximum atomic E-state index is 2.43. The second kappa shape index (κ2) is 5.53. The van der Waals surface area contributed by atoms with Gasteiger partial charge in [0.2, 0.25) is 0 Å². The van der Waals surface area contributed by atoms with Gasteiger partial charge in [0.25, 0.3) is 0 Å². The summed E-state index contributed by atoms with van der Waals surface area (Å²) in [5, 5.41) is 0. The van der Waals surface area contributed by atoms with Crippen LogP contribution in [-0.2, 0) is 0 Å². The van der Waals surface area contributed by atoms with E-state index in [0.29, 0.717) is 11.8 Å². The van der Waals surface area contributed by atoms with Gasteiger partial charge in [0.15, 0.2) is 0 Å². The minimum atomic E-state index is 0.686. The number of hydrogen-bond acceptors (Lipinski definition) is 0. The lowest BCUT2D eigenvalue weighted by Crippen LogP contribution is -2.12. The Morgan fingerprint density at radius 2 is 1.11 bits per heavy atom. The Morgan fingerprint density at radius 3 is 1.42 bits per heavy atom. The van der Waals surface area contributed by atoms with Crippen molar-refractivity contribution in [2.45, 2.75) is 60.8 Å². The van der Waals surface area contributed by atoms with Gasteiger partial charge in [-0.2, -0.15) is 0 Å². The van der Waals surface area contributed by atoms with E-state index in [2.05, 4.69) is 53.7 Å². The van der Waals surface area contributed by atoms with Crippen molar-refractivity contribution < 1.29 is 0 Å². The molecule has 2 rings (SSSR count). The summed E-state index contributed by atoms with van der Waals surface area (Å²) in [7, 11) is 0. The van der Waals surface area contributed by atoms with Crippen molar-refractivity contribution in [3.63, 3.8) is 0 Å². The summed E-state index contributed by atoms with van der Waals surface area (Å²) in [6, 6.07) is 0. The zero-order valence-electron chi connectivity index (χ0n) is 13.4. The van der Waals surface area contributed by atoms with Crippen LogP contribution in [0.15, 0.2) is 45.6 Å². The molecule has 19 heavy (non-hydrogen) atoms. The van der Waals surface area contributed by atoms with E-state index in [4.69, 9.17) is 0 Å². The predicted molar refractivity (Wildman–Crippen MR) is 85.1 cm³/mol. The number of hydrogen-bond donors (Lipinski definition) is 0. The highest BCUT2D eigenvalue weighted by Gasteiger charge is 2.29. The van der Waals surface area contributed by atoms with Crippen LogP contribution in [0.1, 0.15) is 60.8 Å². The zero-order valence-corrected chi connectivity index (χ0v) is 13.4. The van der Waals surface area contributed by atoms with Gasteiger partial charge in [-0.3, -0.25) is 0 Å². The lowest BCUT2D eigenvalue weighted by atomic mass is 9.80. The first-order valence-electron chi connectivity index (χ1n) is 7.75. The number of allylic oxidation sites excluding steroid dienone is 8. The molecule has 104 valence electrons. The van der Waals surface area contributed by atoms with E-state index in [1.807, 2.05) is 0 Å². The molecule has 0 amide bonds. The van der Waals surface area contributed by atoms with Crippen LogP contribution >= 0.6 is 0 Å². The smallest absolute Gasteiger partial charge is 0.00218 e. The molecule has 0 heterocycles. The van der Waals surface area contributed by atoms with E-state index in [9.17, 15) is 0 Å². The molecule has 0 saturated heterocycles. The van der Waals surface area contributed by atoms with Crippen LogP contribution in [0.25, 0.3) is 0 Å². The van der Waals surface area contributed by atoms with Gasteiger partial charge >= 0.3 is 0 Å². The normalized spacial score (nSPS) is 27.3. The van der Waals surface area contributed by atoms with E-state index in [0.717, 1.165) is 0 Å². The summed E-state index contributed by atoms with van der Waals surface area (Å²) in [6.45, 7) is 13.8. The molecule has 0 fully saturated rings. The first kappa shape index (κ1) is 14.4. The molecule has 0 N–H and O–H groups in total. The largest absolute Gasteiger partial charge is 0.0632 e. The first-order chi connectivity index (χ1) is 8.99. The van der Waals surface area contributed by atoms with Crippen LogP contribution in [0, 0.1) is 11.8 Å². The predicted octanol–water partition coefficient (Wildman–Crippen LogP) is 5.98. The Bertz CT molecular complexity index is 448. The van der Waals surface area contributed by atoms with Crippen LogP contribution in [0.5, 0.6) is 0 Å². The Morgan fingerprint density at radius 1 is 0.737 bits per heavy atom. The fourth-order valence-electron chi connectivity index (χ4n) is 3.68.